The van der Waals surface area contributed by atoms with Crippen LogP contribution in [0.2, 0.25) is 0 Å². The molecule has 1 saturated heterocycles. The molecule has 1 unspecified atom stereocenters. The van der Waals surface area contributed by atoms with Gasteiger partial charge in [-0.25, -0.2) is 0 Å². The first-order chi connectivity index (χ1) is 10.2. The monoisotopic (exact) mass is 288 g/mol. The molecular formula is C17H24N2O2. The van der Waals surface area contributed by atoms with Crippen molar-refractivity contribution in [3.63, 3.8) is 0 Å². The molecule has 0 aromatic heterocycles. The Morgan fingerprint density at radius 2 is 2.10 bits per heavy atom. The second kappa shape index (κ2) is 7.81. The van der Waals surface area contributed by atoms with Crippen molar-refractivity contribution < 1.29 is 9.59 Å². The van der Waals surface area contributed by atoms with Crippen molar-refractivity contribution >= 4 is 11.8 Å². The van der Waals surface area contributed by atoms with E-state index in [4.69, 9.17) is 0 Å². The van der Waals surface area contributed by atoms with Crippen LogP contribution in [-0.4, -0.2) is 36.3 Å². The summed E-state index contributed by atoms with van der Waals surface area (Å²) in [5, 5.41) is 2.92. The van der Waals surface area contributed by atoms with E-state index in [0.29, 0.717) is 26.1 Å². The van der Waals surface area contributed by atoms with E-state index in [-0.39, 0.29) is 17.7 Å². The zero-order valence-electron chi connectivity index (χ0n) is 12.7. The van der Waals surface area contributed by atoms with Gasteiger partial charge in [0.15, 0.2) is 0 Å². The van der Waals surface area contributed by atoms with Crippen LogP contribution in [0.3, 0.4) is 0 Å². The molecule has 0 bridgehead atoms. The van der Waals surface area contributed by atoms with Gasteiger partial charge in [0.05, 0.1) is 5.92 Å². The van der Waals surface area contributed by atoms with E-state index in [1.54, 1.807) is 0 Å². The molecular weight excluding hydrogens is 264 g/mol. The normalized spacial score (nSPS) is 18.0. The Morgan fingerprint density at radius 3 is 2.81 bits per heavy atom. The van der Waals surface area contributed by atoms with Crippen LogP contribution >= 0.6 is 0 Å². The zero-order valence-corrected chi connectivity index (χ0v) is 12.7. The average molecular weight is 288 g/mol. The summed E-state index contributed by atoms with van der Waals surface area (Å²) in [5.41, 5.74) is 1.22. The maximum absolute atomic E-state index is 12.0. The van der Waals surface area contributed by atoms with E-state index in [0.717, 1.165) is 19.3 Å². The predicted molar refractivity (Wildman–Crippen MR) is 82.8 cm³/mol. The van der Waals surface area contributed by atoms with E-state index in [1.165, 1.54) is 5.56 Å². The van der Waals surface area contributed by atoms with Crippen LogP contribution in [0.4, 0.5) is 0 Å². The van der Waals surface area contributed by atoms with Gasteiger partial charge in [-0.3, -0.25) is 9.59 Å². The Hall–Kier alpha value is -1.84. The average Bonchev–Trinajstić information content (AvgIpc) is 2.88. The van der Waals surface area contributed by atoms with Crippen LogP contribution in [0, 0.1) is 5.92 Å². The minimum absolute atomic E-state index is 0.0269. The largest absolute Gasteiger partial charge is 0.356 e. The van der Waals surface area contributed by atoms with Crippen LogP contribution in [0.15, 0.2) is 30.3 Å². The first-order valence-corrected chi connectivity index (χ1v) is 7.80. The molecule has 1 atom stereocenters. The molecule has 2 rings (SSSR count). The van der Waals surface area contributed by atoms with E-state index < -0.39 is 0 Å². The Kier molecular flexibility index (Phi) is 5.78. The summed E-state index contributed by atoms with van der Waals surface area (Å²) in [4.78, 5) is 25.8. The predicted octanol–water partition coefficient (Wildman–Crippen LogP) is 1.99. The number of amides is 2. The number of carbonyl (C=O) groups excluding carboxylic acids is 2. The van der Waals surface area contributed by atoms with Crippen molar-refractivity contribution in [3.05, 3.63) is 35.9 Å². The molecule has 4 heteroatoms. The Morgan fingerprint density at radius 1 is 1.33 bits per heavy atom. The molecule has 2 amide bonds. The van der Waals surface area contributed by atoms with Crippen molar-refractivity contribution in [2.75, 3.05) is 19.6 Å². The van der Waals surface area contributed by atoms with Gasteiger partial charge in [0.25, 0.3) is 0 Å². The standard InChI is InChI=1S/C17H24N2O2/c1-2-3-10-18-17(21)15-12-16(20)19(13-15)11-9-14-7-5-4-6-8-14/h4-8,15H,2-3,9-13H2,1H3,(H,18,21). The molecule has 114 valence electrons. The van der Waals surface area contributed by atoms with E-state index in [1.807, 2.05) is 23.1 Å². The Labute approximate surface area is 126 Å². The maximum Gasteiger partial charge on any atom is 0.225 e. The van der Waals surface area contributed by atoms with Gasteiger partial charge in [-0.15, -0.1) is 0 Å². The van der Waals surface area contributed by atoms with Crippen molar-refractivity contribution in [1.82, 2.24) is 10.2 Å². The number of carbonyl (C=O) groups is 2. The summed E-state index contributed by atoms with van der Waals surface area (Å²) >= 11 is 0. The van der Waals surface area contributed by atoms with Crippen LogP contribution in [0.1, 0.15) is 31.7 Å². The molecule has 4 nitrogen and oxygen atoms in total. The summed E-state index contributed by atoms with van der Waals surface area (Å²) in [7, 11) is 0. The summed E-state index contributed by atoms with van der Waals surface area (Å²) in [6, 6.07) is 10.1. The highest BCUT2D eigenvalue weighted by molar-refractivity contribution is 5.89. The molecule has 21 heavy (non-hydrogen) atoms. The van der Waals surface area contributed by atoms with Crippen molar-refractivity contribution in [2.45, 2.75) is 32.6 Å². The lowest BCUT2D eigenvalue weighted by molar-refractivity contribution is -0.129. The van der Waals surface area contributed by atoms with E-state index in [9.17, 15) is 9.59 Å². The number of nitrogens with zero attached hydrogens (tertiary/aromatic N) is 1. The second-order valence-corrected chi connectivity index (χ2v) is 5.62. The number of nitrogens with one attached hydrogen (secondary N) is 1. The number of hydrogen-bond donors (Lipinski definition) is 1. The minimum Gasteiger partial charge on any atom is -0.356 e. The minimum atomic E-state index is -0.176. The highest BCUT2D eigenvalue weighted by Crippen LogP contribution is 2.18. The van der Waals surface area contributed by atoms with Crippen LogP contribution < -0.4 is 5.32 Å². The summed E-state index contributed by atoms with van der Waals surface area (Å²) in [6.45, 7) is 4.06. The highest BCUT2D eigenvalue weighted by Gasteiger charge is 2.33. The summed E-state index contributed by atoms with van der Waals surface area (Å²) < 4.78 is 0. The molecule has 1 N–H and O–H groups in total. The number of rotatable bonds is 7. The maximum atomic E-state index is 12.0. The molecule has 0 saturated carbocycles. The lowest BCUT2D eigenvalue weighted by atomic mass is 10.1. The fourth-order valence-corrected chi connectivity index (χ4v) is 2.61. The molecule has 1 aliphatic heterocycles. The van der Waals surface area contributed by atoms with E-state index >= 15 is 0 Å². The van der Waals surface area contributed by atoms with Gasteiger partial charge in [0.2, 0.25) is 11.8 Å². The van der Waals surface area contributed by atoms with Gasteiger partial charge in [-0.05, 0) is 18.4 Å². The third kappa shape index (κ3) is 4.59. The third-order valence-electron chi connectivity index (χ3n) is 3.93. The Bertz CT molecular complexity index is 473. The van der Waals surface area contributed by atoms with E-state index in [2.05, 4.69) is 24.4 Å². The first-order valence-electron chi connectivity index (χ1n) is 7.80. The molecule has 0 spiro atoms. The van der Waals surface area contributed by atoms with Crippen LogP contribution in [-0.2, 0) is 16.0 Å². The summed E-state index contributed by atoms with van der Waals surface area (Å²) in [5.74, 6) is -0.0503. The number of unbranched alkanes of at least 4 members (excludes halogenated alkanes) is 1. The van der Waals surface area contributed by atoms with Gasteiger partial charge in [0, 0.05) is 26.1 Å². The van der Waals surface area contributed by atoms with Crippen LogP contribution in [0.5, 0.6) is 0 Å². The quantitative estimate of drug-likeness (QED) is 0.780. The molecule has 1 aliphatic rings. The Balaban J connectivity index is 1.78. The highest BCUT2D eigenvalue weighted by atomic mass is 16.2. The van der Waals surface area contributed by atoms with Crippen LogP contribution in [0.25, 0.3) is 0 Å². The number of hydrogen-bond acceptors (Lipinski definition) is 2. The topological polar surface area (TPSA) is 49.4 Å². The van der Waals surface area contributed by atoms with Gasteiger partial charge in [-0.2, -0.15) is 0 Å². The lowest BCUT2D eigenvalue weighted by Crippen LogP contribution is -2.34. The smallest absolute Gasteiger partial charge is 0.225 e. The van der Waals surface area contributed by atoms with Gasteiger partial charge < -0.3 is 10.2 Å². The second-order valence-electron chi connectivity index (χ2n) is 5.62. The molecule has 1 aromatic rings. The lowest BCUT2D eigenvalue weighted by Gasteiger charge is -2.16. The molecule has 1 fully saturated rings. The number of benzene rings is 1. The van der Waals surface area contributed by atoms with Crippen molar-refractivity contribution in [1.29, 1.82) is 0 Å². The fourth-order valence-electron chi connectivity index (χ4n) is 2.61. The molecule has 1 aromatic carbocycles. The first kappa shape index (κ1) is 15.5. The summed E-state index contributed by atoms with van der Waals surface area (Å²) in [6.07, 6.45) is 3.25. The van der Waals surface area contributed by atoms with Gasteiger partial charge in [0.1, 0.15) is 0 Å². The fraction of sp³-hybridized carbons (Fsp3) is 0.529. The molecule has 0 radical (unpaired) electrons. The van der Waals surface area contributed by atoms with Crippen molar-refractivity contribution in [2.24, 2.45) is 5.92 Å². The zero-order chi connectivity index (χ0) is 15.1. The number of likely N-dealkylation sites (tertiary alicyclic amines) is 1. The van der Waals surface area contributed by atoms with Gasteiger partial charge >= 0.3 is 0 Å². The SMILES string of the molecule is CCCCNC(=O)C1CC(=O)N(CCc2ccccc2)C1. The molecule has 0 aliphatic carbocycles. The molecule has 1 heterocycles. The van der Waals surface area contributed by atoms with Gasteiger partial charge in [-0.1, -0.05) is 43.7 Å². The van der Waals surface area contributed by atoms with Crippen molar-refractivity contribution in [3.8, 4) is 0 Å². The third-order valence-corrected chi connectivity index (χ3v) is 3.93.